The Morgan fingerprint density at radius 3 is 2.55 bits per heavy atom. The molecule has 2 aromatic heterocycles. The lowest BCUT2D eigenvalue weighted by atomic mass is 10.2. The first kappa shape index (κ1) is 24.7. The number of rotatable bonds is 12. The van der Waals surface area contributed by atoms with Crippen molar-refractivity contribution in [3.63, 3.8) is 0 Å². The number of furan rings is 1. The van der Waals surface area contributed by atoms with Crippen molar-refractivity contribution in [1.82, 2.24) is 24.4 Å². The van der Waals surface area contributed by atoms with E-state index in [1.807, 2.05) is 4.57 Å². The Morgan fingerprint density at radius 1 is 1.21 bits per heavy atom. The number of hydrogen-bond donors (Lipinski definition) is 1. The van der Waals surface area contributed by atoms with E-state index < -0.39 is 10.0 Å². The van der Waals surface area contributed by atoms with Crippen LogP contribution in [0.1, 0.15) is 19.4 Å². The summed E-state index contributed by atoms with van der Waals surface area (Å²) >= 11 is 1.27. The van der Waals surface area contributed by atoms with Crippen LogP contribution in [-0.2, 0) is 27.9 Å². The number of nitrogens with zero attached hydrogens (tertiary/aromatic N) is 4. The SMILES string of the molecule is C=CCn1c(SCC(=O)NCc2ccc(S(=O)(=O)N(CC)CC)cc2)nnc1-c1ccco1. The smallest absolute Gasteiger partial charge is 0.243 e. The second-order valence-corrected chi connectivity index (χ2v) is 9.86. The van der Waals surface area contributed by atoms with Crippen LogP contribution in [-0.4, -0.2) is 52.2 Å². The van der Waals surface area contributed by atoms with Crippen LogP contribution in [0.3, 0.4) is 0 Å². The number of benzene rings is 1. The zero-order chi connectivity index (χ0) is 23.8. The van der Waals surface area contributed by atoms with Crippen LogP contribution in [0.4, 0.5) is 0 Å². The third-order valence-corrected chi connectivity index (χ3v) is 7.89. The number of allylic oxidation sites excluding steroid dienone is 1. The van der Waals surface area contributed by atoms with Gasteiger partial charge in [-0.3, -0.25) is 9.36 Å². The van der Waals surface area contributed by atoms with E-state index >= 15 is 0 Å². The van der Waals surface area contributed by atoms with E-state index in [-0.39, 0.29) is 16.6 Å². The Bertz CT molecular complexity index is 1170. The van der Waals surface area contributed by atoms with Crippen LogP contribution >= 0.6 is 11.8 Å². The van der Waals surface area contributed by atoms with Crippen LogP contribution in [0.25, 0.3) is 11.6 Å². The summed E-state index contributed by atoms with van der Waals surface area (Å²) in [5, 5.41) is 11.8. The van der Waals surface area contributed by atoms with Crippen LogP contribution in [0.5, 0.6) is 0 Å². The summed E-state index contributed by atoms with van der Waals surface area (Å²) in [6.45, 7) is 8.98. The molecule has 0 saturated carbocycles. The van der Waals surface area contributed by atoms with E-state index in [2.05, 4.69) is 22.1 Å². The normalized spacial score (nSPS) is 11.6. The maximum absolute atomic E-state index is 12.6. The molecule has 0 saturated heterocycles. The van der Waals surface area contributed by atoms with Gasteiger partial charge in [0.05, 0.1) is 16.9 Å². The molecule has 0 fully saturated rings. The van der Waals surface area contributed by atoms with Crippen LogP contribution in [0, 0.1) is 0 Å². The minimum Gasteiger partial charge on any atom is -0.461 e. The summed E-state index contributed by atoms with van der Waals surface area (Å²) in [7, 11) is -3.50. The molecular weight excluding hydrogens is 462 g/mol. The van der Waals surface area contributed by atoms with Gasteiger partial charge in [-0.25, -0.2) is 8.42 Å². The van der Waals surface area contributed by atoms with Crippen molar-refractivity contribution in [1.29, 1.82) is 0 Å². The third-order valence-electron chi connectivity index (χ3n) is 4.86. The number of hydrogen-bond acceptors (Lipinski definition) is 7. The summed E-state index contributed by atoms with van der Waals surface area (Å²) in [6, 6.07) is 10.1. The fourth-order valence-corrected chi connectivity index (χ4v) is 5.39. The molecule has 0 unspecified atom stereocenters. The molecule has 176 valence electrons. The lowest BCUT2D eigenvalue weighted by molar-refractivity contribution is -0.118. The molecule has 3 rings (SSSR count). The minimum absolute atomic E-state index is 0.155. The highest BCUT2D eigenvalue weighted by Crippen LogP contribution is 2.24. The maximum Gasteiger partial charge on any atom is 0.243 e. The van der Waals surface area contributed by atoms with Crippen molar-refractivity contribution in [2.45, 2.75) is 37.0 Å². The fraction of sp³-hybridized carbons (Fsp3) is 0.318. The molecule has 33 heavy (non-hydrogen) atoms. The fourth-order valence-electron chi connectivity index (χ4n) is 3.15. The van der Waals surface area contributed by atoms with Crippen LogP contribution < -0.4 is 5.32 Å². The summed E-state index contributed by atoms with van der Waals surface area (Å²) < 4.78 is 33.8. The molecule has 11 heteroatoms. The van der Waals surface area contributed by atoms with Crippen molar-refractivity contribution in [3.8, 4) is 11.6 Å². The Balaban J connectivity index is 1.57. The van der Waals surface area contributed by atoms with Gasteiger partial charge in [0.1, 0.15) is 0 Å². The van der Waals surface area contributed by atoms with Gasteiger partial charge in [0, 0.05) is 26.2 Å². The quantitative estimate of drug-likeness (QED) is 0.307. The number of nitrogens with one attached hydrogen (secondary N) is 1. The molecule has 9 nitrogen and oxygen atoms in total. The Hall–Kier alpha value is -2.89. The van der Waals surface area contributed by atoms with Gasteiger partial charge in [-0.2, -0.15) is 4.31 Å². The molecular formula is C22H27N5O4S2. The predicted octanol–water partition coefficient (Wildman–Crippen LogP) is 3.16. The molecule has 1 amide bonds. The zero-order valence-electron chi connectivity index (χ0n) is 18.6. The minimum atomic E-state index is -3.50. The highest BCUT2D eigenvalue weighted by molar-refractivity contribution is 7.99. The number of aromatic nitrogens is 3. The van der Waals surface area contributed by atoms with Crippen molar-refractivity contribution < 1.29 is 17.6 Å². The van der Waals surface area contributed by atoms with E-state index in [1.165, 1.54) is 16.1 Å². The van der Waals surface area contributed by atoms with Gasteiger partial charge in [-0.15, -0.1) is 16.8 Å². The second-order valence-electron chi connectivity index (χ2n) is 6.98. The lowest BCUT2D eigenvalue weighted by Crippen LogP contribution is -2.30. The van der Waals surface area contributed by atoms with Gasteiger partial charge in [-0.05, 0) is 29.8 Å². The van der Waals surface area contributed by atoms with E-state index in [9.17, 15) is 13.2 Å². The molecule has 0 bridgehead atoms. The lowest BCUT2D eigenvalue weighted by Gasteiger charge is -2.18. The zero-order valence-corrected chi connectivity index (χ0v) is 20.2. The standard InChI is InChI=1S/C22H27N5O4S2/c1-4-13-27-21(19-8-7-14-31-19)24-25-22(27)32-16-20(28)23-15-17-9-11-18(12-10-17)33(29,30)26(5-2)6-3/h4,7-12,14H,1,5-6,13,15-16H2,2-3H3,(H,23,28). The molecule has 0 spiro atoms. The van der Waals surface area contributed by atoms with E-state index in [0.29, 0.717) is 42.9 Å². The Morgan fingerprint density at radius 2 is 1.94 bits per heavy atom. The van der Waals surface area contributed by atoms with Crippen molar-refractivity contribution in [3.05, 3.63) is 60.9 Å². The van der Waals surface area contributed by atoms with Gasteiger partial charge >= 0.3 is 0 Å². The molecule has 0 aliphatic heterocycles. The first-order chi connectivity index (χ1) is 15.9. The van der Waals surface area contributed by atoms with Crippen LogP contribution in [0.15, 0.2) is 69.8 Å². The monoisotopic (exact) mass is 489 g/mol. The molecule has 0 aliphatic rings. The molecule has 1 N–H and O–H groups in total. The summed E-state index contributed by atoms with van der Waals surface area (Å²) in [4.78, 5) is 12.6. The first-order valence-electron chi connectivity index (χ1n) is 10.5. The number of sulfonamides is 1. The molecule has 0 radical (unpaired) electrons. The highest BCUT2D eigenvalue weighted by atomic mass is 32.2. The topological polar surface area (TPSA) is 110 Å². The number of carbonyl (C=O) groups is 1. The number of carbonyl (C=O) groups excluding carboxylic acids is 1. The van der Waals surface area contributed by atoms with E-state index in [4.69, 9.17) is 4.42 Å². The molecule has 2 heterocycles. The molecule has 0 aliphatic carbocycles. The van der Waals surface area contributed by atoms with E-state index in [1.54, 1.807) is 62.6 Å². The second kappa shape index (κ2) is 11.3. The first-order valence-corrected chi connectivity index (χ1v) is 12.9. The molecule has 3 aromatic rings. The summed E-state index contributed by atoms with van der Waals surface area (Å²) in [6.07, 6.45) is 3.29. The van der Waals surface area contributed by atoms with Gasteiger partial charge in [0.2, 0.25) is 21.8 Å². The van der Waals surface area contributed by atoms with Crippen molar-refractivity contribution in [2.24, 2.45) is 0 Å². The van der Waals surface area contributed by atoms with Gasteiger partial charge in [-0.1, -0.05) is 43.8 Å². The number of thioether (sulfide) groups is 1. The van der Waals surface area contributed by atoms with Crippen LogP contribution in [0.2, 0.25) is 0 Å². The average Bonchev–Trinajstić information content (AvgIpc) is 3.47. The van der Waals surface area contributed by atoms with Gasteiger partial charge in [0.25, 0.3) is 0 Å². The Labute approximate surface area is 197 Å². The van der Waals surface area contributed by atoms with E-state index in [0.717, 1.165) is 5.56 Å². The maximum atomic E-state index is 12.6. The van der Waals surface area contributed by atoms with Gasteiger partial charge < -0.3 is 9.73 Å². The predicted molar refractivity (Wildman–Crippen MR) is 127 cm³/mol. The van der Waals surface area contributed by atoms with Gasteiger partial charge in [0.15, 0.2) is 10.9 Å². The van der Waals surface area contributed by atoms with Crippen molar-refractivity contribution >= 4 is 27.7 Å². The molecule has 1 aromatic carbocycles. The molecule has 0 atom stereocenters. The van der Waals surface area contributed by atoms with Crippen molar-refractivity contribution in [2.75, 3.05) is 18.8 Å². The Kier molecular flexibility index (Phi) is 8.48. The summed E-state index contributed by atoms with van der Waals surface area (Å²) in [5.41, 5.74) is 0.807. The largest absolute Gasteiger partial charge is 0.461 e. The highest BCUT2D eigenvalue weighted by Gasteiger charge is 2.21. The number of amides is 1. The average molecular weight is 490 g/mol. The third kappa shape index (κ3) is 5.92. The summed E-state index contributed by atoms with van der Waals surface area (Å²) in [5.74, 6) is 1.14.